The maximum Gasteiger partial charge on any atom is 0.257 e. The Labute approximate surface area is 166 Å². The smallest absolute Gasteiger partial charge is 0.257 e. The second kappa shape index (κ2) is 7.50. The molecule has 1 saturated heterocycles. The van der Waals surface area contributed by atoms with Gasteiger partial charge in [-0.15, -0.1) is 0 Å². The van der Waals surface area contributed by atoms with Crippen molar-refractivity contribution in [2.24, 2.45) is 0 Å². The van der Waals surface area contributed by atoms with Crippen LogP contribution in [0, 0.1) is 20.8 Å². The van der Waals surface area contributed by atoms with E-state index in [9.17, 15) is 4.79 Å². The number of rotatable bonds is 3. The first-order valence-electron chi connectivity index (χ1n) is 9.75. The Morgan fingerprint density at radius 1 is 0.929 bits per heavy atom. The van der Waals surface area contributed by atoms with Gasteiger partial charge in [0, 0.05) is 37.4 Å². The van der Waals surface area contributed by atoms with Crippen LogP contribution in [0.25, 0.3) is 11.3 Å². The van der Waals surface area contributed by atoms with Gasteiger partial charge in [0.05, 0.1) is 17.5 Å². The summed E-state index contributed by atoms with van der Waals surface area (Å²) in [7, 11) is 0. The number of nitrogens with zero attached hydrogens (tertiary/aromatic N) is 3. The first-order chi connectivity index (χ1) is 13.5. The minimum absolute atomic E-state index is 0.0459. The summed E-state index contributed by atoms with van der Waals surface area (Å²) in [4.78, 5) is 17.4. The third kappa shape index (κ3) is 3.52. The third-order valence-electron chi connectivity index (χ3n) is 5.47. The molecule has 0 atom stereocenters. The second-order valence-electron chi connectivity index (χ2n) is 7.59. The molecule has 0 spiro atoms. The van der Waals surface area contributed by atoms with E-state index in [4.69, 9.17) is 0 Å². The van der Waals surface area contributed by atoms with Gasteiger partial charge in [-0.3, -0.25) is 9.89 Å². The zero-order valence-electron chi connectivity index (χ0n) is 16.7. The molecule has 1 amide bonds. The van der Waals surface area contributed by atoms with Crippen molar-refractivity contribution in [2.45, 2.75) is 20.8 Å². The molecular formula is C23H26N4O. The first-order valence-corrected chi connectivity index (χ1v) is 9.75. The standard InChI is InChI=1S/C23H26N4O/c1-16-4-7-19(8-5-16)22-20(15-24-25-22)23(28)27-12-10-26(11-13-27)21-9-6-17(2)14-18(21)3/h4-9,14-15H,10-13H2,1-3H3,(H,24,25). The molecule has 0 saturated carbocycles. The van der Waals surface area contributed by atoms with Gasteiger partial charge >= 0.3 is 0 Å². The Bertz CT molecular complexity index is 982. The summed E-state index contributed by atoms with van der Waals surface area (Å²) in [6, 6.07) is 14.7. The number of hydrogen-bond acceptors (Lipinski definition) is 3. The van der Waals surface area contributed by atoms with Gasteiger partial charge in [-0.05, 0) is 32.4 Å². The predicted octanol–water partition coefficient (Wildman–Crippen LogP) is 3.96. The van der Waals surface area contributed by atoms with Crippen molar-refractivity contribution in [1.29, 1.82) is 0 Å². The number of piperazine rings is 1. The quantitative estimate of drug-likeness (QED) is 0.755. The van der Waals surface area contributed by atoms with Gasteiger partial charge in [0.1, 0.15) is 0 Å². The number of hydrogen-bond donors (Lipinski definition) is 1. The SMILES string of the molecule is Cc1ccc(-c2[nH]ncc2C(=O)N2CCN(c3ccc(C)cc3C)CC2)cc1. The fraction of sp³-hybridized carbons (Fsp3) is 0.304. The molecule has 3 aromatic rings. The monoisotopic (exact) mass is 374 g/mol. The van der Waals surface area contributed by atoms with Gasteiger partial charge in [-0.1, -0.05) is 47.5 Å². The van der Waals surface area contributed by atoms with Crippen LogP contribution in [-0.2, 0) is 0 Å². The zero-order chi connectivity index (χ0) is 19.7. The summed E-state index contributed by atoms with van der Waals surface area (Å²) in [6.07, 6.45) is 1.65. The number of carbonyl (C=O) groups excluding carboxylic acids is 1. The van der Waals surface area contributed by atoms with Crippen LogP contribution in [0.1, 0.15) is 27.0 Å². The Kier molecular flexibility index (Phi) is 4.90. The van der Waals surface area contributed by atoms with E-state index in [1.165, 1.54) is 22.4 Å². The minimum atomic E-state index is 0.0459. The molecule has 2 aromatic carbocycles. The van der Waals surface area contributed by atoms with Gasteiger partial charge < -0.3 is 9.80 Å². The first kappa shape index (κ1) is 18.3. The predicted molar refractivity (Wildman–Crippen MR) is 113 cm³/mol. The molecular weight excluding hydrogens is 348 g/mol. The summed E-state index contributed by atoms with van der Waals surface area (Å²) in [5, 5.41) is 7.14. The molecule has 5 heteroatoms. The van der Waals surface area contributed by atoms with E-state index >= 15 is 0 Å². The lowest BCUT2D eigenvalue weighted by Crippen LogP contribution is -2.49. The summed E-state index contributed by atoms with van der Waals surface area (Å²) >= 11 is 0. The summed E-state index contributed by atoms with van der Waals surface area (Å²) in [5.41, 5.74) is 7.45. The highest BCUT2D eigenvalue weighted by molar-refractivity contribution is 5.99. The molecule has 0 bridgehead atoms. The molecule has 4 rings (SSSR count). The molecule has 1 N–H and O–H groups in total. The van der Waals surface area contributed by atoms with E-state index in [0.29, 0.717) is 18.7 Å². The van der Waals surface area contributed by atoms with Crippen LogP contribution in [0.2, 0.25) is 0 Å². The molecule has 0 aliphatic carbocycles. The normalized spacial score (nSPS) is 14.4. The summed E-state index contributed by atoms with van der Waals surface area (Å²) < 4.78 is 0. The average molecular weight is 374 g/mol. The molecule has 2 heterocycles. The van der Waals surface area contributed by atoms with Crippen LogP contribution in [0.3, 0.4) is 0 Å². The number of aromatic amines is 1. The number of benzene rings is 2. The number of aryl methyl sites for hydroxylation is 3. The lowest BCUT2D eigenvalue weighted by Gasteiger charge is -2.36. The molecule has 144 valence electrons. The van der Waals surface area contributed by atoms with Gasteiger partial charge in [0.15, 0.2) is 0 Å². The zero-order valence-corrected chi connectivity index (χ0v) is 16.7. The highest BCUT2D eigenvalue weighted by Crippen LogP contribution is 2.25. The van der Waals surface area contributed by atoms with Crippen LogP contribution in [-0.4, -0.2) is 47.2 Å². The average Bonchev–Trinajstić information content (AvgIpc) is 3.18. The Morgan fingerprint density at radius 3 is 2.29 bits per heavy atom. The third-order valence-corrected chi connectivity index (χ3v) is 5.47. The van der Waals surface area contributed by atoms with Crippen molar-refractivity contribution < 1.29 is 4.79 Å². The lowest BCUT2D eigenvalue weighted by molar-refractivity contribution is 0.0747. The molecule has 1 aliphatic rings. The molecule has 0 unspecified atom stereocenters. The maximum absolute atomic E-state index is 13.1. The van der Waals surface area contributed by atoms with Crippen LogP contribution in [0.5, 0.6) is 0 Å². The minimum Gasteiger partial charge on any atom is -0.368 e. The maximum atomic E-state index is 13.1. The largest absolute Gasteiger partial charge is 0.368 e. The lowest BCUT2D eigenvalue weighted by atomic mass is 10.1. The van der Waals surface area contributed by atoms with E-state index in [1.54, 1.807) is 6.20 Å². The molecule has 5 nitrogen and oxygen atoms in total. The van der Waals surface area contributed by atoms with Crippen LogP contribution in [0.15, 0.2) is 48.7 Å². The van der Waals surface area contributed by atoms with Gasteiger partial charge in [0.25, 0.3) is 5.91 Å². The number of H-pyrrole nitrogens is 1. The number of nitrogens with one attached hydrogen (secondary N) is 1. The number of anilines is 1. The molecule has 1 fully saturated rings. The van der Waals surface area contributed by atoms with Crippen molar-refractivity contribution in [3.05, 3.63) is 70.9 Å². The second-order valence-corrected chi connectivity index (χ2v) is 7.59. The highest BCUT2D eigenvalue weighted by atomic mass is 16.2. The van der Waals surface area contributed by atoms with Gasteiger partial charge in [-0.2, -0.15) is 5.10 Å². The number of carbonyl (C=O) groups is 1. The Morgan fingerprint density at radius 2 is 1.61 bits per heavy atom. The van der Waals surface area contributed by atoms with Gasteiger partial charge in [-0.25, -0.2) is 0 Å². The van der Waals surface area contributed by atoms with E-state index in [-0.39, 0.29) is 5.91 Å². The molecule has 28 heavy (non-hydrogen) atoms. The van der Waals surface area contributed by atoms with Crippen molar-refractivity contribution in [1.82, 2.24) is 15.1 Å². The van der Waals surface area contributed by atoms with E-state index in [1.807, 2.05) is 29.2 Å². The van der Waals surface area contributed by atoms with Crippen molar-refractivity contribution in [3.8, 4) is 11.3 Å². The number of amides is 1. The van der Waals surface area contributed by atoms with Gasteiger partial charge in [0.2, 0.25) is 0 Å². The van der Waals surface area contributed by atoms with Crippen LogP contribution in [0.4, 0.5) is 5.69 Å². The van der Waals surface area contributed by atoms with E-state index < -0.39 is 0 Å². The number of aromatic nitrogens is 2. The van der Waals surface area contributed by atoms with Crippen LogP contribution >= 0.6 is 0 Å². The molecule has 0 radical (unpaired) electrons. The van der Waals surface area contributed by atoms with Crippen LogP contribution < -0.4 is 4.90 Å². The summed E-state index contributed by atoms with van der Waals surface area (Å²) in [6.45, 7) is 9.43. The van der Waals surface area contributed by atoms with E-state index in [2.05, 4.69) is 54.1 Å². The van der Waals surface area contributed by atoms with Crippen molar-refractivity contribution >= 4 is 11.6 Å². The Balaban J connectivity index is 1.48. The fourth-order valence-electron chi connectivity index (χ4n) is 3.87. The topological polar surface area (TPSA) is 52.2 Å². The molecule has 1 aliphatic heterocycles. The highest BCUT2D eigenvalue weighted by Gasteiger charge is 2.25. The van der Waals surface area contributed by atoms with E-state index in [0.717, 1.165) is 24.3 Å². The van der Waals surface area contributed by atoms with Crippen molar-refractivity contribution in [2.75, 3.05) is 31.1 Å². The van der Waals surface area contributed by atoms with Crippen molar-refractivity contribution in [3.63, 3.8) is 0 Å². The summed E-state index contributed by atoms with van der Waals surface area (Å²) in [5.74, 6) is 0.0459. The Hall–Kier alpha value is -3.08. The molecule has 1 aromatic heterocycles. The fourth-order valence-corrected chi connectivity index (χ4v) is 3.87.